The van der Waals surface area contributed by atoms with Gasteiger partial charge in [0.1, 0.15) is 0 Å². The third-order valence-electron chi connectivity index (χ3n) is 1.78. The van der Waals surface area contributed by atoms with E-state index in [4.69, 9.17) is 9.15 Å². The SMILES string of the molecule is CCNC(=O)[C@H](C)OC(=O)c1ccc(Br)o1. The van der Waals surface area contributed by atoms with Crippen LogP contribution in [0.15, 0.2) is 21.2 Å². The lowest BCUT2D eigenvalue weighted by atomic mass is 10.3. The average Bonchev–Trinajstić information content (AvgIpc) is 2.65. The van der Waals surface area contributed by atoms with Crippen LogP contribution in [0.3, 0.4) is 0 Å². The van der Waals surface area contributed by atoms with Crippen molar-refractivity contribution in [2.24, 2.45) is 0 Å². The predicted molar refractivity (Wildman–Crippen MR) is 60.0 cm³/mol. The molecule has 1 heterocycles. The molecule has 0 aliphatic carbocycles. The van der Waals surface area contributed by atoms with Crippen molar-refractivity contribution >= 4 is 27.8 Å². The van der Waals surface area contributed by atoms with Crippen LogP contribution in [0, 0.1) is 0 Å². The summed E-state index contributed by atoms with van der Waals surface area (Å²) in [5, 5.41) is 2.55. The monoisotopic (exact) mass is 289 g/mol. The second-order valence-corrected chi connectivity index (χ2v) is 3.83. The highest BCUT2D eigenvalue weighted by Crippen LogP contribution is 2.15. The molecule has 1 rings (SSSR count). The van der Waals surface area contributed by atoms with Gasteiger partial charge in [-0.1, -0.05) is 0 Å². The Hall–Kier alpha value is -1.30. The fraction of sp³-hybridized carbons (Fsp3) is 0.400. The molecule has 0 aliphatic rings. The van der Waals surface area contributed by atoms with Crippen LogP contribution >= 0.6 is 15.9 Å². The van der Waals surface area contributed by atoms with Crippen LogP contribution in [0.25, 0.3) is 0 Å². The standard InChI is InChI=1S/C10H12BrNO4/c1-3-12-9(13)6(2)15-10(14)7-4-5-8(11)16-7/h4-6H,3H2,1-2H3,(H,12,13)/t6-/m0/s1. The van der Waals surface area contributed by atoms with E-state index in [1.54, 1.807) is 13.0 Å². The van der Waals surface area contributed by atoms with Crippen LogP contribution in [-0.2, 0) is 9.53 Å². The molecule has 0 aliphatic heterocycles. The second-order valence-electron chi connectivity index (χ2n) is 3.05. The van der Waals surface area contributed by atoms with Gasteiger partial charge in [-0.2, -0.15) is 0 Å². The molecule has 1 aromatic heterocycles. The van der Waals surface area contributed by atoms with Crippen molar-refractivity contribution < 1.29 is 18.7 Å². The number of hydrogen-bond acceptors (Lipinski definition) is 4. The molecule has 0 aromatic carbocycles. The zero-order valence-corrected chi connectivity index (χ0v) is 10.5. The van der Waals surface area contributed by atoms with Crippen molar-refractivity contribution in [2.75, 3.05) is 6.54 Å². The first-order valence-corrected chi connectivity index (χ1v) is 5.58. The van der Waals surface area contributed by atoms with Crippen molar-refractivity contribution in [3.63, 3.8) is 0 Å². The van der Waals surface area contributed by atoms with Gasteiger partial charge in [-0.05, 0) is 41.9 Å². The number of likely N-dealkylation sites (N-methyl/N-ethyl adjacent to an activating group) is 1. The highest BCUT2D eigenvalue weighted by molar-refractivity contribution is 9.10. The molecule has 1 N–H and O–H groups in total. The maximum absolute atomic E-state index is 11.5. The van der Waals surface area contributed by atoms with Gasteiger partial charge in [0, 0.05) is 6.54 Å². The Kier molecular flexibility index (Phi) is 4.54. The van der Waals surface area contributed by atoms with E-state index < -0.39 is 12.1 Å². The first-order valence-electron chi connectivity index (χ1n) is 4.78. The fourth-order valence-corrected chi connectivity index (χ4v) is 1.32. The maximum Gasteiger partial charge on any atom is 0.375 e. The number of carbonyl (C=O) groups is 2. The van der Waals surface area contributed by atoms with Gasteiger partial charge in [-0.3, -0.25) is 4.79 Å². The lowest BCUT2D eigenvalue weighted by Gasteiger charge is -2.11. The molecular weight excluding hydrogens is 278 g/mol. The number of carbonyl (C=O) groups excluding carboxylic acids is 2. The van der Waals surface area contributed by atoms with E-state index in [-0.39, 0.29) is 11.7 Å². The minimum absolute atomic E-state index is 0.0584. The quantitative estimate of drug-likeness (QED) is 0.857. The molecule has 88 valence electrons. The number of furan rings is 1. The normalized spacial score (nSPS) is 11.9. The number of nitrogens with one attached hydrogen (secondary N) is 1. The van der Waals surface area contributed by atoms with Crippen LogP contribution in [0.1, 0.15) is 24.4 Å². The third-order valence-corrected chi connectivity index (χ3v) is 2.20. The van der Waals surface area contributed by atoms with Gasteiger partial charge in [0.15, 0.2) is 10.8 Å². The Labute approximate surface area is 101 Å². The van der Waals surface area contributed by atoms with E-state index in [0.717, 1.165) is 0 Å². The molecule has 1 amide bonds. The molecule has 0 saturated heterocycles. The molecule has 0 bridgehead atoms. The van der Waals surface area contributed by atoms with E-state index in [9.17, 15) is 9.59 Å². The highest BCUT2D eigenvalue weighted by atomic mass is 79.9. The Morgan fingerprint density at radius 3 is 2.75 bits per heavy atom. The maximum atomic E-state index is 11.5. The first kappa shape index (κ1) is 12.8. The van der Waals surface area contributed by atoms with Crippen LogP contribution in [0.2, 0.25) is 0 Å². The minimum atomic E-state index is -0.837. The largest absolute Gasteiger partial charge is 0.447 e. The van der Waals surface area contributed by atoms with Crippen LogP contribution < -0.4 is 5.32 Å². The molecule has 1 atom stereocenters. The van der Waals surface area contributed by atoms with E-state index >= 15 is 0 Å². The molecule has 0 saturated carbocycles. The molecule has 6 heteroatoms. The number of ether oxygens (including phenoxy) is 1. The number of halogens is 1. The Balaban J connectivity index is 2.54. The topological polar surface area (TPSA) is 68.5 Å². The van der Waals surface area contributed by atoms with Gasteiger partial charge in [-0.25, -0.2) is 4.79 Å². The molecule has 0 unspecified atom stereocenters. The average molecular weight is 290 g/mol. The lowest BCUT2D eigenvalue weighted by Crippen LogP contribution is -2.35. The van der Waals surface area contributed by atoms with Crippen molar-refractivity contribution in [2.45, 2.75) is 20.0 Å². The summed E-state index contributed by atoms with van der Waals surface area (Å²) in [5.74, 6) is -0.936. The number of hydrogen-bond donors (Lipinski definition) is 1. The van der Waals surface area contributed by atoms with Crippen LogP contribution in [0.5, 0.6) is 0 Å². The summed E-state index contributed by atoms with van der Waals surface area (Å²) >= 11 is 3.07. The van der Waals surface area contributed by atoms with Crippen molar-refractivity contribution in [3.05, 3.63) is 22.6 Å². The van der Waals surface area contributed by atoms with Crippen molar-refractivity contribution in [1.82, 2.24) is 5.32 Å². The zero-order valence-electron chi connectivity index (χ0n) is 8.95. The lowest BCUT2D eigenvalue weighted by molar-refractivity contribution is -0.129. The summed E-state index contributed by atoms with van der Waals surface area (Å²) in [6.07, 6.45) is -0.837. The zero-order chi connectivity index (χ0) is 12.1. The van der Waals surface area contributed by atoms with E-state index in [1.807, 2.05) is 0 Å². The highest BCUT2D eigenvalue weighted by Gasteiger charge is 2.20. The number of amides is 1. The Morgan fingerprint density at radius 1 is 1.56 bits per heavy atom. The molecular formula is C10H12BrNO4. The van der Waals surface area contributed by atoms with Gasteiger partial charge in [-0.15, -0.1) is 0 Å². The first-order chi connectivity index (χ1) is 7.54. The van der Waals surface area contributed by atoms with Crippen LogP contribution in [0.4, 0.5) is 0 Å². The fourth-order valence-electron chi connectivity index (χ4n) is 1.01. The Bertz CT molecular complexity index is 388. The molecule has 5 nitrogen and oxygen atoms in total. The van der Waals surface area contributed by atoms with Crippen LogP contribution in [-0.4, -0.2) is 24.5 Å². The van der Waals surface area contributed by atoms with Gasteiger partial charge < -0.3 is 14.5 Å². The van der Waals surface area contributed by atoms with Gasteiger partial charge in [0.2, 0.25) is 5.76 Å². The summed E-state index contributed by atoms with van der Waals surface area (Å²) in [5.41, 5.74) is 0. The summed E-state index contributed by atoms with van der Waals surface area (Å²) in [4.78, 5) is 22.7. The van der Waals surface area contributed by atoms with Gasteiger partial charge in [0.05, 0.1) is 0 Å². The smallest absolute Gasteiger partial charge is 0.375 e. The minimum Gasteiger partial charge on any atom is -0.447 e. The molecule has 0 spiro atoms. The molecule has 16 heavy (non-hydrogen) atoms. The summed E-state index contributed by atoms with van der Waals surface area (Å²) in [7, 11) is 0. The molecule has 1 aromatic rings. The van der Waals surface area contributed by atoms with Gasteiger partial charge >= 0.3 is 5.97 Å². The summed E-state index contributed by atoms with van der Waals surface area (Å²) < 4.78 is 10.3. The van der Waals surface area contributed by atoms with Crippen molar-refractivity contribution in [1.29, 1.82) is 0 Å². The second kappa shape index (κ2) is 5.69. The third kappa shape index (κ3) is 3.37. The summed E-state index contributed by atoms with van der Waals surface area (Å²) in [6.45, 7) is 3.78. The van der Waals surface area contributed by atoms with E-state index in [2.05, 4.69) is 21.2 Å². The Morgan fingerprint density at radius 2 is 2.25 bits per heavy atom. The molecule has 0 radical (unpaired) electrons. The molecule has 0 fully saturated rings. The van der Waals surface area contributed by atoms with Gasteiger partial charge in [0.25, 0.3) is 5.91 Å². The predicted octanol–water partition coefficient (Wildman–Crippen LogP) is 1.72. The van der Waals surface area contributed by atoms with Crippen molar-refractivity contribution in [3.8, 4) is 0 Å². The van der Waals surface area contributed by atoms with E-state index in [1.165, 1.54) is 13.0 Å². The number of rotatable bonds is 4. The number of esters is 1. The van der Waals surface area contributed by atoms with E-state index in [0.29, 0.717) is 11.2 Å². The summed E-state index contributed by atoms with van der Waals surface area (Å²) in [6, 6.07) is 3.05.